The molecule has 1 saturated heterocycles. The molecule has 0 N–H and O–H groups in total. The van der Waals surface area contributed by atoms with E-state index in [1.54, 1.807) is 4.91 Å². The third-order valence-electron chi connectivity index (χ3n) is 2.67. The molecule has 0 atom stereocenters. The molecule has 2 rings (SSSR count). The van der Waals surface area contributed by atoms with Gasteiger partial charge in [-0.1, -0.05) is 31.2 Å². The number of allylic oxidation sites excluding steroid dienone is 1. The summed E-state index contributed by atoms with van der Waals surface area (Å²) >= 11 is 2.01. The summed E-state index contributed by atoms with van der Waals surface area (Å²) in [7, 11) is 1.31. The van der Waals surface area contributed by atoms with E-state index in [-0.39, 0.29) is 0 Å². The third kappa shape index (κ3) is 5.41. The molecule has 0 spiro atoms. The predicted molar refractivity (Wildman–Crippen MR) is 78.6 cm³/mol. The minimum absolute atomic E-state index is 0.375. The molecule has 1 aliphatic heterocycles. The number of methoxy groups -OCH3 is 1. The van der Waals surface area contributed by atoms with E-state index in [2.05, 4.69) is 42.0 Å². The number of ether oxygens (including phenoxy) is 1. The van der Waals surface area contributed by atoms with E-state index in [1.165, 1.54) is 36.8 Å². The summed E-state index contributed by atoms with van der Waals surface area (Å²) in [6.45, 7) is 2.57. The van der Waals surface area contributed by atoms with Crippen molar-refractivity contribution in [2.45, 2.75) is 26.2 Å². The Kier molecular flexibility index (Phi) is 7.26. The molecule has 1 fully saturated rings. The van der Waals surface area contributed by atoms with Crippen LogP contribution in [0.15, 0.2) is 29.2 Å². The van der Waals surface area contributed by atoms with Crippen LogP contribution in [0, 0.1) is 0 Å². The van der Waals surface area contributed by atoms with Crippen LogP contribution < -0.4 is 0 Å². The highest BCUT2D eigenvalue weighted by atomic mass is 32.2. The van der Waals surface area contributed by atoms with Crippen LogP contribution in [0.5, 0.6) is 0 Å². The molecule has 3 heteroatoms. The summed E-state index contributed by atoms with van der Waals surface area (Å²) in [4.78, 5) is 10.5. The van der Waals surface area contributed by atoms with Gasteiger partial charge in [0.25, 0.3) is 6.47 Å². The highest BCUT2D eigenvalue weighted by Crippen LogP contribution is 2.31. The van der Waals surface area contributed by atoms with E-state index in [0.717, 1.165) is 6.42 Å². The summed E-state index contributed by atoms with van der Waals surface area (Å²) in [5, 5.41) is 0. The van der Waals surface area contributed by atoms with Crippen molar-refractivity contribution in [1.82, 2.24) is 0 Å². The van der Waals surface area contributed by atoms with Gasteiger partial charge in [-0.3, -0.25) is 4.79 Å². The Balaban J connectivity index is 0.000000357. The van der Waals surface area contributed by atoms with E-state index in [0.29, 0.717) is 6.47 Å². The molecule has 1 heterocycles. The first-order valence-electron chi connectivity index (χ1n) is 6.19. The average Bonchev–Trinajstić information content (AvgIpc) is 2.93. The van der Waals surface area contributed by atoms with Crippen molar-refractivity contribution in [2.75, 3.05) is 12.9 Å². The van der Waals surface area contributed by atoms with Crippen LogP contribution in [-0.2, 0) is 16.0 Å². The molecular formula is C15H20O2S. The Hall–Kier alpha value is -1.22. The first-order valence-corrected chi connectivity index (χ1v) is 7.17. The van der Waals surface area contributed by atoms with Crippen LogP contribution in [0.2, 0.25) is 0 Å². The van der Waals surface area contributed by atoms with Gasteiger partial charge in [0.05, 0.1) is 7.11 Å². The van der Waals surface area contributed by atoms with Gasteiger partial charge in [0.15, 0.2) is 0 Å². The monoisotopic (exact) mass is 264 g/mol. The quantitative estimate of drug-likeness (QED) is 0.774. The Morgan fingerprint density at radius 2 is 2.00 bits per heavy atom. The smallest absolute Gasteiger partial charge is 0.292 e. The number of aryl methyl sites for hydroxylation is 1. The SMILES string of the molecule is CCc1ccc(/C=C2/CCCS2)cc1.COC=O. The lowest BCUT2D eigenvalue weighted by molar-refractivity contribution is -0.126. The van der Waals surface area contributed by atoms with Gasteiger partial charge in [-0.05, 0) is 47.1 Å². The molecule has 18 heavy (non-hydrogen) atoms. The predicted octanol–water partition coefficient (Wildman–Crippen LogP) is 3.91. The summed E-state index contributed by atoms with van der Waals surface area (Å²) in [5.74, 6) is 1.30. The van der Waals surface area contributed by atoms with Gasteiger partial charge >= 0.3 is 0 Å². The molecular weight excluding hydrogens is 244 g/mol. The van der Waals surface area contributed by atoms with Crippen LogP contribution in [0.1, 0.15) is 30.9 Å². The topological polar surface area (TPSA) is 26.3 Å². The van der Waals surface area contributed by atoms with Crippen molar-refractivity contribution < 1.29 is 9.53 Å². The molecule has 1 aliphatic rings. The standard InChI is InChI=1S/C13H16S.C2H4O2/c1-2-11-5-7-12(8-6-11)10-13-4-3-9-14-13;1-4-2-3/h5-8,10H,2-4,9H2,1H3;2H,1H3/b13-10-;. The maximum atomic E-state index is 8.95. The summed E-state index contributed by atoms with van der Waals surface area (Å²) in [6.07, 6.45) is 6.09. The average molecular weight is 264 g/mol. The van der Waals surface area contributed by atoms with Gasteiger partial charge in [-0.2, -0.15) is 0 Å². The first-order chi connectivity index (χ1) is 8.80. The van der Waals surface area contributed by atoms with Crippen LogP contribution in [0.3, 0.4) is 0 Å². The van der Waals surface area contributed by atoms with E-state index >= 15 is 0 Å². The Morgan fingerprint density at radius 1 is 1.33 bits per heavy atom. The van der Waals surface area contributed by atoms with Crippen molar-refractivity contribution in [3.63, 3.8) is 0 Å². The second kappa shape index (κ2) is 8.81. The zero-order valence-corrected chi connectivity index (χ0v) is 11.8. The Bertz CT molecular complexity index is 374. The summed E-state index contributed by atoms with van der Waals surface area (Å²) in [6, 6.07) is 8.91. The Morgan fingerprint density at radius 3 is 2.44 bits per heavy atom. The van der Waals surface area contributed by atoms with Gasteiger partial charge in [-0.25, -0.2) is 0 Å². The summed E-state index contributed by atoms with van der Waals surface area (Å²) < 4.78 is 3.86. The molecule has 0 saturated carbocycles. The fourth-order valence-electron chi connectivity index (χ4n) is 1.67. The van der Waals surface area contributed by atoms with E-state index in [4.69, 9.17) is 4.79 Å². The normalized spacial score (nSPS) is 16.0. The van der Waals surface area contributed by atoms with Crippen molar-refractivity contribution in [1.29, 1.82) is 0 Å². The third-order valence-corrected chi connectivity index (χ3v) is 3.85. The highest BCUT2D eigenvalue weighted by Gasteiger charge is 2.06. The second-order valence-electron chi connectivity index (χ2n) is 3.99. The fraction of sp³-hybridized carbons (Fsp3) is 0.400. The van der Waals surface area contributed by atoms with Crippen molar-refractivity contribution in [3.05, 3.63) is 40.3 Å². The number of thioether (sulfide) groups is 1. The van der Waals surface area contributed by atoms with E-state index in [9.17, 15) is 0 Å². The van der Waals surface area contributed by atoms with Crippen LogP contribution >= 0.6 is 11.8 Å². The first kappa shape index (κ1) is 14.8. The molecule has 0 bridgehead atoms. The molecule has 98 valence electrons. The molecule has 2 nitrogen and oxygen atoms in total. The lowest BCUT2D eigenvalue weighted by atomic mass is 10.1. The number of rotatable bonds is 3. The maximum Gasteiger partial charge on any atom is 0.292 e. The minimum atomic E-state index is 0.375. The number of carbonyl (C=O) groups excluding carboxylic acids is 1. The van der Waals surface area contributed by atoms with Gasteiger partial charge in [-0.15, -0.1) is 11.8 Å². The molecule has 0 unspecified atom stereocenters. The van der Waals surface area contributed by atoms with E-state index in [1.807, 2.05) is 11.8 Å². The molecule has 1 aromatic rings. The lowest BCUT2D eigenvalue weighted by Crippen LogP contribution is -1.79. The van der Waals surface area contributed by atoms with Crippen LogP contribution in [0.25, 0.3) is 6.08 Å². The van der Waals surface area contributed by atoms with Crippen LogP contribution in [-0.4, -0.2) is 19.3 Å². The van der Waals surface area contributed by atoms with Gasteiger partial charge in [0, 0.05) is 0 Å². The van der Waals surface area contributed by atoms with Gasteiger partial charge in [0.1, 0.15) is 0 Å². The van der Waals surface area contributed by atoms with E-state index < -0.39 is 0 Å². The maximum absolute atomic E-state index is 8.95. The zero-order valence-electron chi connectivity index (χ0n) is 11.0. The van der Waals surface area contributed by atoms with Crippen molar-refractivity contribution in [2.24, 2.45) is 0 Å². The van der Waals surface area contributed by atoms with Gasteiger partial charge < -0.3 is 4.74 Å². The highest BCUT2D eigenvalue weighted by molar-refractivity contribution is 8.03. The Labute approximate surface area is 113 Å². The second-order valence-corrected chi connectivity index (χ2v) is 5.21. The largest absolute Gasteiger partial charge is 0.471 e. The molecule has 1 aromatic carbocycles. The minimum Gasteiger partial charge on any atom is -0.471 e. The number of benzene rings is 1. The van der Waals surface area contributed by atoms with Crippen LogP contribution in [0.4, 0.5) is 0 Å². The number of hydrogen-bond donors (Lipinski definition) is 0. The molecule has 0 radical (unpaired) electrons. The number of carbonyl (C=O) groups is 1. The zero-order chi connectivity index (χ0) is 13.2. The number of hydrogen-bond acceptors (Lipinski definition) is 3. The fourth-order valence-corrected chi connectivity index (χ4v) is 2.73. The molecule has 0 aliphatic carbocycles. The van der Waals surface area contributed by atoms with Crippen molar-refractivity contribution in [3.8, 4) is 0 Å². The lowest BCUT2D eigenvalue weighted by Gasteiger charge is -1.99. The molecule has 0 aromatic heterocycles. The van der Waals surface area contributed by atoms with Gasteiger partial charge in [0.2, 0.25) is 0 Å². The van der Waals surface area contributed by atoms with Crippen molar-refractivity contribution >= 4 is 24.3 Å². The molecule has 0 amide bonds. The summed E-state index contributed by atoms with van der Waals surface area (Å²) in [5.41, 5.74) is 2.78.